The van der Waals surface area contributed by atoms with E-state index < -0.39 is 0 Å². The molecule has 0 fully saturated rings. The van der Waals surface area contributed by atoms with Gasteiger partial charge in [-0.15, -0.1) is 20.4 Å². The Bertz CT molecular complexity index is 935. The van der Waals surface area contributed by atoms with Gasteiger partial charge in [0.1, 0.15) is 5.01 Å². The van der Waals surface area contributed by atoms with Crippen molar-refractivity contribution in [1.29, 1.82) is 0 Å². The van der Waals surface area contributed by atoms with Crippen molar-refractivity contribution in [2.75, 3.05) is 30.1 Å². The Kier molecular flexibility index (Phi) is 6.07. The predicted octanol–water partition coefficient (Wildman–Crippen LogP) is 2.69. The van der Waals surface area contributed by atoms with E-state index in [-0.39, 0.29) is 11.7 Å². The molecule has 0 aliphatic rings. The van der Waals surface area contributed by atoms with Gasteiger partial charge in [0, 0.05) is 32.4 Å². The highest BCUT2D eigenvalue weighted by molar-refractivity contribution is 7.99. The maximum absolute atomic E-state index is 12.1. The molecule has 0 spiro atoms. The smallest absolute Gasteiger partial charge is 0.236 e. The van der Waals surface area contributed by atoms with Crippen molar-refractivity contribution in [3.8, 4) is 11.4 Å². The van der Waals surface area contributed by atoms with Crippen LogP contribution in [0.3, 0.4) is 0 Å². The lowest BCUT2D eigenvalue weighted by molar-refractivity contribution is -0.113. The van der Waals surface area contributed by atoms with Gasteiger partial charge in [-0.25, -0.2) is 0 Å². The van der Waals surface area contributed by atoms with Gasteiger partial charge in [0.2, 0.25) is 11.0 Å². The highest BCUT2D eigenvalue weighted by Crippen LogP contribution is 2.25. The number of hydrogen-bond donors (Lipinski definition) is 1. The fraction of sp³-hybridized carbons (Fsp3) is 0.353. The monoisotopic (exact) mass is 403 g/mol. The van der Waals surface area contributed by atoms with E-state index in [2.05, 4.69) is 31.8 Å². The summed E-state index contributed by atoms with van der Waals surface area (Å²) in [5, 5.41) is 21.3. The van der Waals surface area contributed by atoms with Gasteiger partial charge in [0.25, 0.3) is 0 Å². The molecule has 2 heterocycles. The number of nitrogens with zero attached hydrogens (tertiary/aromatic N) is 6. The van der Waals surface area contributed by atoms with Gasteiger partial charge in [-0.2, -0.15) is 0 Å². The second-order valence-corrected chi connectivity index (χ2v) is 8.01. The molecule has 1 N–H and O–H groups in total. The van der Waals surface area contributed by atoms with Gasteiger partial charge < -0.3 is 9.47 Å². The van der Waals surface area contributed by atoms with Crippen LogP contribution >= 0.6 is 23.1 Å². The SMILES string of the molecule is CCc1nnc(NC(=O)CSc2nnc(-c3cccc(N(C)C)c3)n2C)s1. The predicted molar refractivity (Wildman–Crippen MR) is 109 cm³/mol. The van der Waals surface area contributed by atoms with Crippen molar-refractivity contribution in [3.05, 3.63) is 29.3 Å². The molecule has 8 nitrogen and oxygen atoms in total. The van der Waals surface area contributed by atoms with E-state index in [9.17, 15) is 4.79 Å². The Hall–Kier alpha value is -2.46. The maximum Gasteiger partial charge on any atom is 0.236 e. The first kappa shape index (κ1) is 19.3. The Morgan fingerprint density at radius 2 is 2.07 bits per heavy atom. The van der Waals surface area contributed by atoms with Crippen LogP contribution in [0.5, 0.6) is 0 Å². The molecule has 0 atom stereocenters. The highest BCUT2D eigenvalue weighted by atomic mass is 32.2. The fourth-order valence-electron chi connectivity index (χ4n) is 2.35. The molecule has 0 aliphatic heterocycles. The van der Waals surface area contributed by atoms with Crippen molar-refractivity contribution in [2.24, 2.45) is 7.05 Å². The molecule has 27 heavy (non-hydrogen) atoms. The van der Waals surface area contributed by atoms with Crippen LogP contribution in [-0.4, -0.2) is 50.7 Å². The molecule has 0 bridgehead atoms. The maximum atomic E-state index is 12.1. The van der Waals surface area contributed by atoms with Crippen LogP contribution in [0.25, 0.3) is 11.4 Å². The molecule has 1 aromatic carbocycles. The molecule has 0 aliphatic carbocycles. The van der Waals surface area contributed by atoms with Gasteiger partial charge in [-0.3, -0.25) is 10.1 Å². The summed E-state index contributed by atoms with van der Waals surface area (Å²) < 4.78 is 1.90. The minimum absolute atomic E-state index is 0.141. The Morgan fingerprint density at radius 3 is 2.78 bits per heavy atom. The molecule has 3 rings (SSSR count). The summed E-state index contributed by atoms with van der Waals surface area (Å²) >= 11 is 2.73. The first-order chi connectivity index (χ1) is 13.0. The van der Waals surface area contributed by atoms with Gasteiger partial charge in [0.15, 0.2) is 11.0 Å². The molecular weight excluding hydrogens is 382 g/mol. The van der Waals surface area contributed by atoms with E-state index in [0.29, 0.717) is 10.3 Å². The minimum Gasteiger partial charge on any atom is -0.378 e. The Morgan fingerprint density at radius 1 is 1.26 bits per heavy atom. The van der Waals surface area contributed by atoms with Crippen LogP contribution in [0.2, 0.25) is 0 Å². The molecule has 1 amide bonds. The summed E-state index contributed by atoms with van der Waals surface area (Å²) in [7, 11) is 5.89. The topological polar surface area (TPSA) is 88.8 Å². The summed E-state index contributed by atoms with van der Waals surface area (Å²) in [6.07, 6.45) is 0.805. The van der Waals surface area contributed by atoms with E-state index in [1.165, 1.54) is 23.1 Å². The number of benzene rings is 1. The zero-order valence-corrected chi connectivity index (χ0v) is 17.3. The largest absolute Gasteiger partial charge is 0.378 e. The van der Waals surface area contributed by atoms with Crippen LogP contribution in [0.15, 0.2) is 29.4 Å². The average Bonchev–Trinajstić information content (AvgIpc) is 3.26. The fourth-order valence-corrected chi connectivity index (χ4v) is 3.75. The molecule has 10 heteroatoms. The van der Waals surface area contributed by atoms with Gasteiger partial charge in [-0.1, -0.05) is 42.2 Å². The van der Waals surface area contributed by atoms with Crippen molar-refractivity contribution < 1.29 is 4.79 Å². The van der Waals surface area contributed by atoms with Gasteiger partial charge in [-0.05, 0) is 18.6 Å². The van der Waals surface area contributed by atoms with Crippen LogP contribution in [-0.2, 0) is 18.3 Å². The number of aromatic nitrogens is 5. The third kappa shape index (κ3) is 4.64. The van der Waals surface area contributed by atoms with Crippen LogP contribution in [0, 0.1) is 0 Å². The average molecular weight is 404 g/mol. The zero-order chi connectivity index (χ0) is 19.4. The molecule has 0 unspecified atom stereocenters. The Labute approximate surface area is 166 Å². The third-order valence-corrected chi connectivity index (χ3v) is 5.81. The highest BCUT2D eigenvalue weighted by Gasteiger charge is 2.14. The summed E-state index contributed by atoms with van der Waals surface area (Å²) in [5.74, 6) is 0.848. The molecule has 0 saturated carbocycles. The van der Waals surface area contributed by atoms with Crippen molar-refractivity contribution in [3.63, 3.8) is 0 Å². The summed E-state index contributed by atoms with van der Waals surface area (Å²) in [6, 6.07) is 8.09. The number of hydrogen-bond acceptors (Lipinski definition) is 8. The first-order valence-corrected chi connectivity index (χ1v) is 10.2. The van der Waals surface area contributed by atoms with E-state index in [1.807, 2.05) is 55.7 Å². The second kappa shape index (κ2) is 8.49. The van der Waals surface area contributed by atoms with E-state index in [1.54, 1.807) is 0 Å². The zero-order valence-electron chi connectivity index (χ0n) is 15.6. The van der Waals surface area contributed by atoms with E-state index >= 15 is 0 Å². The number of amides is 1. The standard InChI is InChI=1S/C17H21N7OS2/c1-5-14-19-21-16(27-14)18-13(25)10-26-17-22-20-15(24(17)4)11-7-6-8-12(9-11)23(2)3/h6-9H,5,10H2,1-4H3,(H,18,21,25). The van der Waals surface area contributed by atoms with Gasteiger partial charge >= 0.3 is 0 Å². The summed E-state index contributed by atoms with van der Waals surface area (Å²) in [6.45, 7) is 2.00. The molecule has 0 radical (unpaired) electrons. The van der Waals surface area contributed by atoms with Crippen LogP contribution in [0.1, 0.15) is 11.9 Å². The van der Waals surface area contributed by atoms with Gasteiger partial charge in [0.05, 0.1) is 5.75 Å². The minimum atomic E-state index is -0.141. The normalized spacial score (nSPS) is 10.8. The number of carbonyl (C=O) groups is 1. The number of nitrogens with one attached hydrogen (secondary N) is 1. The van der Waals surface area contributed by atoms with Crippen LogP contribution in [0.4, 0.5) is 10.8 Å². The molecule has 142 valence electrons. The first-order valence-electron chi connectivity index (χ1n) is 8.40. The number of thioether (sulfide) groups is 1. The number of rotatable bonds is 7. The van der Waals surface area contributed by atoms with E-state index in [4.69, 9.17) is 0 Å². The lowest BCUT2D eigenvalue weighted by Crippen LogP contribution is -2.14. The Balaban J connectivity index is 1.65. The number of carbonyl (C=O) groups excluding carboxylic acids is 1. The molecule has 3 aromatic rings. The van der Waals surface area contributed by atoms with Crippen molar-refractivity contribution in [1.82, 2.24) is 25.0 Å². The quantitative estimate of drug-likeness (QED) is 0.607. The number of anilines is 2. The van der Waals surface area contributed by atoms with Crippen LogP contribution < -0.4 is 10.2 Å². The van der Waals surface area contributed by atoms with Crippen molar-refractivity contribution in [2.45, 2.75) is 18.5 Å². The lowest BCUT2D eigenvalue weighted by Gasteiger charge is -2.13. The lowest BCUT2D eigenvalue weighted by atomic mass is 10.2. The summed E-state index contributed by atoms with van der Waals surface area (Å²) in [4.78, 5) is 14.2. The molecular formula is C17H21N7OS2. The van der Waals surface area contributed by atoms with E-state index in [0.717, 1.165) is 28.5 Å². The molecule has 0 saturated heterocycles. The molecule has 2 aromatic heterocycles. The third-order valence-electron chi connectivity index (χ3n) is 3.80. The van der Waals surface area contributed by atoms with Crippen molar-refractivity contribution >= 4 is 39.8 Å². The number of aryl methyl sites for hydroxylation is 1. The summed E-state index contributed by atoms with van der Waals surface area (Å²) in [5.41, 5.74) is 2.07. The second-order valence-electron chi connectivity index (χ2n) is 6.00.